The van der Waals surface area contributed by atoms with Gasteiger partial charge in [0.1, 0.15) is 23.3 Å². The van der Waals surface area contributed by atoms with E-state index < -0.39 is 6.10 Å². The molecule has 3 nitrogen and oxygen atoms in total. The van der Waals surface area contributed by atoms with Gasteiger partial charge in [-0.05, 0) is 62.9 Å². The molecule has 4 rings (SSSR count). The predicted molar refractivity (Wildman–Crippen MR) is 78.4 cm³/mol. The maximum absolute atomic E-state index is 13.2. The van der Waals surface area contributed by atoms with Crippen molar-refractivity contribution in [2.75, 3.05) is 7.05 Å². The molecular weight excluding hydrogens is 269 g/mol. The summed E-state index contributed by atoms with van der Waals surface area (Å²) in [5, 5.41) is 11.4. The van der Waals surface area contributed by atoms with Gasteiger partial charge < -0.3 is 14.4 Å². The summed E-state index contributed by atoms with van der Waals surface area (Å²) < 4.78 is 19.0. The van der Waals surface area contributed by atoms with Crippen LogP contribution < -0.4 is 0 Å². The summed E-state index contributed by atoms with van der Waals surface area (Å²) in [6.45, 7) is 0. The zero-order chi connectivity index (χ0) is 14.6. The monoisotopic (exact) mass is 289 g/mol. The number of aliphatic hydroxyl groups is 1. The van der Waals surface area contributed by atoms with Crippen LogP contribution in [0.1, 0.15) is 37.5 Å². The molecule has 0 amide bonds. The quantitative estimate of drug-likeness (QED) is 0.919. The van der Waals surface area contributed by atoms with Gasteiger partial charge in [-0.25, -0.2) is 4.39 Å². The molecule has 0 radical (unpaired) electrons. The van der Waals surface area contributed by atoms with Crippen LogP contribution in [0.2, 0.25) is 0 Å². The fourth-order valence-electron chi connectivity index (χ4n) is 4.12. The Morgan fingerprint density at radius 1 is 1.24 bits per heavy atom. The normalized spacial score (nSPS) is 30.9. The lowest BCUT2D eigenvalue weighted by Gasteiger charge is -2.37. The van der Waals surface area contributed by atoms with E-state index in [1.165, 1.54) is 25.0 Å². The topological polar surface area (TPSA) is 36.6 Å². The van der Waals surface area contributed by atoms with E-state index >= 15 is 0 Å². The number of hydrogen-bond acceptors (Lipinski definition) is 3. The van der Waals surface area contributed by atoms with Crippen LogP contribution in [0, 0.1) is 11.7 Å². The fraction of sp³-hybridized carbons (Fsp3) is 0.529. The van der Waals surface area contributed by atoms with Crippen LogP contribution in [0.3, 0.4) is 0 Å². The number of nitrogens with zero attached hydrogens (tertiary/aromatic N) is 1. The van der Waals surface area contributed by atoms with Gasteiger partial charge in [-0.1, -0.05) is 0 Å². The number of fused-ring (bicyclic) bond motifs is 3. The van der Waals surface area contributed by atoms with Crippen LogP contribution in [0.4, 0.5) is 4.39 Å². The van der Waals surface area contributed by atoms with Gasteiger partial charge in [0.15, 0.2) is 0 Å². The van der Waals surface area contributed by atoms with Gasteiger partial charge in [-0.15, -0.1) is 0 Å². The first-order valence-corrected chi connectivity index (χ1v) is 7.71. The third-order valence-corrected chi connectivity index (χ3v) is 5.37. The van der Waals surface area contributed by atoms with Crippen LogP contribution in [0.15, 0.2) is 28.7 Å². The Balaban J connectivity index is 1.60. The smallest absolute Gasteiger partial charge is 0.134 e. The number of rotatable bonds is 2. The molecular formula is C17H20FNO2. The third-order valence-electron chi connectivity index (χ3n) is 5.37. The summed E-state index contributed by atoms with van der Waals surface area (Å²) in [4.78, 5) is 2.46. The molecule has 1 aromatic carbocycles. The van der Waals surface area contributed by atoms with Crippen molar-refractivity contribution in [3.8, 4) is 0 Å². The third kappa shape index (κ3) is 2.17. The van der Waals surface area contributed by atoms with Gasteiger partial charge in [0, 0.05) is 17.5 Å². The molecule has 0 spiro atoms. The lowest BCUT2D eigenvalue weighted by molar-refractivity contribution is 0.0244. The van der Waals surface area contributed by atoms with Crippen LogP contribution in [0.25, 0.3) is 11.0 Å². The molecule has 3 unspecified atom stereocenters. The van der Waals surface area contributed by atoms with Crippen LogP contribution in [-0.4, -0.2) is 29.1 Å². The number of halogens is 1. The van der Waals surface area contributed by atoms with E-state index in [0.717, 1.165) is 18.2 Å². The van der Waals surface area contributed by atoms with Crippen molar-refractivity contribution in [1.82, 2.24) is 4.90 Å². The van der Waals surface area contributed by atoms with E-state index in [0.29, 0.717) is 23.4 Å². The highest BCUT2D eigenvalue weighted by Crippen LogP contribution is 2.43. The summed E-state index contributed by atoms with van der Waals surface area (Å²) in [6, 6.07) is 7.42. The molecule has 4 heteroatoms. The minimum atomic E-state index is -0.586. The van der Waals surface area contributed by atoms with Crippen molar-refractivity contribution >= 4 is 11.0 Å². The van der Waals surface area contributed by atoms with Gasteiger partial charge >= 0.3 is 0 Å². The summed E-state index contributed by atoms with van der Waals surface area (Å²) in [7, 11) is 2.19. The minimum absolute atomic E-state index is 0.240. The van der Waals surface area contributed by atoms with Gasteiger partial charge in [0.05, 0.1) is 0 Å². The molecule has 2 aromatic rings. The molecule has 2 aliphatic heterocycles. The zero-order valence-electron chi connectivity index (χ0n) is 12.1. The molecule has 1 N–H and O–H groups in total. The zero-order valence-corrected chi connectivity index (χ0v) is 12.1. The van der Waals surface area contributed by atoms with E-state index in [2.05, 4.69) is 11.9 Å². The van der Waals surface area contributed by atoms with Crippen molar-refractivity contribution in [1.29, 1.82) is 0 Å². The van der Waals surface area contributed by atoms with E-state index in [4.69, 9.17) is 4.42 Å². The Morgan fingerprint density at radius 2 is 1.95 bits per heavy atom. The standard InChI is InChI=1S/C17H20FNO2/c1-19-13-3-4-14(19)8-11(7-13)17(20)16-9-10-6-12(18)2-5-15(10)21-16/h2,5-6,9,11,13-14,17,20H,3-4,7-8H2,1H3. The average molecular weight is 289 g/mol. The number of benzene rings is 1. The minimum Gasteiger partial charge on any atom is -0.458 e. The molecule has 21 heavy (non-hydrogen) atoms. The van der Waals surface area contributed by atoms with Crippen LogP contribution >= 0.6 is 0 Å². The molecule has 3 atom stereocenters. The molecule has 112 valence electrons. The maximum Gasteiger partial charge on any atom is 0.134 e. The predicted octanol–water partition coefficient (Wildman–Crippen LogP) is 3.48. The summed E-state index contributed by atoms with van der Waals surface area (Å²) in [5.41, 5.74) is 0.640. The van der Waals surface area contributed by atoms with Gasteiger partial charge in [-0.2, -0.15) is 0 Å². The Morgan fingerprint density at radius 3 is 2.67 bits per heavy atom. The van der Waals surface area contributed by atoms with Crippen LogP contribution in [0.5, 0.6) is 0 Å². The van der Waals surface area contributed by atoms with E-state index in [1.54, 1.807) is 12.1 Å². The highest BCUT2D eigenvalue weighted by atomic mass is 19.1. The first kappa shape index (κ1) is 13.3. The maximum atomic E-state index is 13.2. The van der Waals surface area contributed by atoms with Crippen molar-refractivity contribution < 1.29 is 13.9 Å². The van der Waals surface area contributed by atoms with E-state index in [9.17, 15) is 9.50 Å². The SMILES string of the molecule is CN1C2CCC1CC(C(O)c1cc3cc(F)ccc3o1)C2. The van der Waals surface area contributed by atoms with Crippen molar-refractivity contribution in [2.24, 2.45) is 5.92 Å². The van der Waals surface area contributed by atoms with Crippen molar-refractivity contribution in [2.45, 2.75) is 43.9 Å². The highest BCUT2D eigenvalue weighted by molar-refractivity contribution is 5.77. The molecule has 2 saturated heterocycles. The van der Waals surface area contributed by atoms with Gasteiger partial charge in [-0.3, -0.25) is 0 Å². The second kappa shape index (κ2) is 4.82. The Hall–Kier alpha value is -1.39. The number of aliphatic hydroxyl groups excluding tert-OH is 1. The molecule has 0 aliphatic carbocycles. The van der Waals surface area contributed by atoms with Gasteiger partial charge in [0.25, 0.3) is 0 Å². The first-order valence-electron chi connectivity index (χ1n) is 7.71. The largest absolute Gasteiger partial charge is 0.458 e. The van der Waals surface area contributed by atoms with E-state index in [-0.39, 0.29) is 11.7 Å². The van der Waals surface area contributed by atoms with E-state index in [1.807, 2.05) is 0 Å². The fourth-order valence-corrected chi connectivity index (χ4v) is 4.12. The van der Waals surface area contributed by atoms with Crippen LogP contribution in [-0.2, 0) is 0 Å². The summed E-state index contributed by atoms with van der Waals surface area (Å²) in [5.74, 6) is 0.537. The summed E-state index contributed by atoms with van der Waals surface area (Å²) in [6.07, 6.45) is 3.90. The number of hydrogen-bond donors (Lipinski definition) is 1. The number of piperidine rings is 1. The molecule has 0 saturated carbocycles. The highest BCUT2D eigenvalue weighted by Gasteiger charge is 2.41. The lowest BCUT2D eigenvalue weighted by Crippen LogP contribution is -2.41. The average Bonchev–Trinajstić information content (AvgIpc) is 2.94. The Labute approximate surface area is 123 Å². The molecule has 2 fully saturated rings. The Bertz CT molecular complexity index is 654. The lowest BCUT2D eigenvalue weighted by atomic mass is 9.85. The molecule has 3 heterocycles. The Kier molecular flexibility index (Phi) is 3.05. The summed E-state index contributed by atoms with van der Waals surface area (Å²) >= 11 is 0. The molecule has 2 aliphatic rings. The van der Waals surface area contributed by atoms with Crippen molar-refractivity contribution in [3.05, 3.63) is 35.8 Å². The molecule has 1 aromatic heterocycles. The van der Waals surface area contributed by atoms with Crippen molar-refractivity contribution in [3.63, 3.8) is 0 Å². The second-order valence-corrected chi connectivity index (χ2v) is 6.56. The first-order chi connectivity index (χ1) is 10.1. The molecule has 2 bridgehead atoms. The second-order valence-electron chi connectivity index (χ2n) is 6.56. The number of furan rings is 1. The van der Waals surface area contributed by atoms with Gasteiger partial charge in [0.2, 0.25) is 0 Å².